The molecule has 3 atom stereocenters. The van der Waals surface area contributed by atoms with Crippen molar-refractivity contribution < 1.29 is 9.13 Å². The van der Waals surface area contributed by atoms with E-state index in [4.69, 9.17) is 16.3 Å². The minimum Gasteiger partial charge on any atom is -0.493 e. The van der Waals surface area contributed by atoms with Crippen LogP contribution in [0.4, 0.5) is 4.39 Å². The van der Waals surface area contributed by atoms with Gasteiger partial charge in [0, 0.05) is 11.9 Å². The maximum Gasteiger partial charge on any atom is 0.127 e. The smallest absolute Gasteiger partial charge is 0.127 e. The van der Waals surface area contributed by atoms with Crippen LogP contribution in [0.15, 0.2) is 18.2 Å². The van der Waals surface area contributed by atoms with Gasteiger partial charge < -0.3 is 4.74 Å². The van der Waals surface area contributed by atoms with Crippen LogP contribution >= 0.6 is 11.6 Å². The lowest BCUT2D eigenvalue weighted by atomic mass is 9.89. The van der Waals surface area contributed by atoms with E-state index in [0.29, 0.717) is 17.5 Å². The summed E-state index contributed by atoms with van der Waals surface area (Å²) in [6.07, 6.45) is 5.43. The van der Waals surface area contributed by atoms with Crippen LogP contribution in [0.25, 0.3) is 0 Å². The maximum absolute atomic E-state index is 13.3. The molecule has 3 unspecified atom stereocenters. The molecule has 2 aliphatic carbocycles. The first-order valence-corrected chi connectivity index (χ1v) is 7.26. The van der Waals surface area contributed by atoms with E-state index in [2.05, 4.69) is 0 Å². The fraction of sp³-hybridized carbons (Fsp3) is 0.600. The Morgan fingerprint density at radius 3 is 2.78 bits per heavy atom. The Kier molecular flexibility index (Phi) is 3.47. The standard InChI is InChI=1S/C15H18ClFO/c16-8-11-5-14(17)7-15(6-11)18-9-13-4-10-1-2-12(13)3-10/h5-7,10,12-13H,1-4,8-9H2. The van der Waals surface area contributed by atoms with E-state index in [1.165, 1.54) is 37.8 Å². The van der Waals surface area contributed by atoms with E-state index < -0.39 is 0 Å². The van der Waals surface area contributed by atoms with Crippen LogP contribution < -0.4 is 4.74 Å². The molecule has 2 bridgehead atoms. The number of ether oxygens (including phenoxy) is 1. The summed E-state index contributed by atoms with van der Waals surface area (Å²) in [4.78, 5) is 0. The molecule has 2 aliphatic rings. The zero-order valence-electron chi connectivity index (χ0n) is 10.4. The topological polar surface area (TPSA) is 9.23 Å². The molecule has 98 valence electrons. The lowest BCUT2D eigenvalue weighted by Crippen LogP contribution is -2.18. The van der Waals surface area contributed by atoms with Gasteiger partial charge in [-0.3, -0.25) is 0 Å². The fourth-order valence-corrected chi connectivity index (χ4v) is 3.72. The summed E-state index contributed by atoms with van der Waals surface area (Å²) < 4.78 is 19.1. The van der Waals surface area contributed by atoms with Gasteiger partial charge in [0.1, 0.15) is 11.6 Å². The van der Waals surface area contributed by atoms with Gasteiger partial charge in [0.2, 0.25) is 0 Å². The van der Waals surface area contributed by atoms with Gasteiger partial charge in [0.05, 0.1) is 6.61 Å². The molecule has 3 heteroatoms. The Labute approximate surface area is 112 Å². The largest absolute Gasteiger partial charge is 0.493 e. The first-order valence-electron chi connectivity index (χ1n) is 6.73. The number of hydrogen-bond donors (Lipinski definition) is 0. The predicted octanol–water partition coefficient (Wildman–Crippen LogP) is 4.38. The summed E-state index contributed by atoms with van der Waals surface area (Å²) in [5.41, 5.74) is 0.777. The van der Waals surface area contributed by atoms with E-state index in [9.17, 15) is 4.39 Å². The summed E-state index contributed by atoms with van der Waals surface area (Å²) in [5, 5.41) is 0. The lowest BCUT2D eigenvalue weighted by Gasteiger charge is -2.21. The average Bonchev–Trinajstić information content (AvgIpc) is 2.97. The Balaban J connectivity index is 1.61. The number of alkyl halides is 1. The number of benzene rings is 1. The van der Waals surface area contributed by atoms with Gasteiger partial charge in [-0.15, -0.1) is 11.6 Å². The Bertz CT molecular complexity index is 435. The predicted molar refractivity (Wildman–Crippen MR) is 70.4 cm³/mol. The first-order chi connectivity index (χ1) is 8.74. The number of rotatable bonds is 4. The van der Waals surface area contributed by atoms with Crippen LogP contribution in [-0.2, 0) is 5.88 Å². The number of halogens is 2. The van der Waals surface area contributed by atoms with Crippen LogP contribution in [0, 0.1) is 23.6 Å². The van der Waals surface area contributed by atoms with Crippen LogP contribution in [0.3, 0.4) is 0 Å². The molecule has 1 nitrogen and oxygen atoms in total. The van der Waals surface area contributed by atoms with Crippen molar-refractivity contribution in [3.63, 3.8) is 0 Å². The van der Waals surface area contributed by atoms with E-state index >= 15 is 0 Å². The highest BCUT2D eigenvalue weighted by Crippen LogP contribution is 2.48. The molecule has 0 spiro atoms. The van der Waals surface area contributed by atoms with Crippen LogP contribution in [-0.4, -0.2) is 6.61 Å². The molecule has 0 radical (unpaired) electrons. The van der Waals surface area contributed by atoms with E-state index in [-0.39, 0.29) is 5.82 Å². The molecule has 0 saturated heterocycles. The molecule has 3 rings (SSSR count). The first kappa shape index (κ1) is 12.3. The third kappa shape index (κ3) is 2.49. The third-order valence-corrected chi connectivity index (χ3v) is 4.74. The highest BCUT2D eigenvalue weighted by molar-refractivity contribution is 6.17. The summed E-state index contributed by atoms with van der Waals surface area (Å²) in [5.74, 6) is 3.11. The van der Waals surface area contributed by atoms with Crippen molar-refractivity contribution in [3.8, 4) is 5.75 Å². The molecular formula is C15H18ClFO. The van der Waals surface area contributed by atoms with Crippen molar-refractivity contribution in [3.05, 3.63) is 29.6 Å². The zero-order valence-corrected chi connectivity index (χ0v) is 11.1. The lowest BCUT2D eigenvalue weighted by molar-refractivity contribution is 0.194. The van der Waals surface area contributed by atoms with Gasteiger partial charge >= 0.3 is 0 Å². The molecular weight excluding hydrogens is 251 g/mol. The Morgan fingerprint density at radius 1 is 1.22 bits per heavy atom. The maximum atomic E-state index is 13.3. The molecule has 2 saturated carbocycles. The fourth-order valence-electron chi connectivity index (χ4n) is 3.57. The minimum atomic E-state index is -0.268. The zero-order chi connectivity index (χ0) is 12.5. The SMILES string of the molecule is Fc1cc(CCl)cc(OCC2CC3CCC2C3)c1. The molecule has 0 amide bonds. The second-order valence-corrected chi connectivity index (χ2v) is 5.94. The van der Waals surface area contributed by atoms with Gasteiger partial charge in [0.15, 0.2) is 0 Å². The molecule has 1 aromatic rings. The van der Waals surface area contributed by atoms with Crippen molar-refractivity contribution >= 4 is 11.6 Å². The van der Waals surface area contributed by atoms with E-state index in [1.807, 2.05) is 6.07 Å². The van der Waals surface area contributed by atoms with Gasteiger partial charge in [-0.25, -0.2) is 4.39 Å². The Morgan fingerprint density at radius 2 is 2.11 bits per heavy atom. The summed E-state index contributed by atoms with van der Waals surface area (Å²) in [6, 6.07) is 4.74. The van der Waals surface area contributed by atoms with Gasteiger partial charge in [-0.2, -0.15) is 0 Å². The van der Waals surface area contributed by atoms with Crippen LogP contribution in [0.5, 0.6) is 5.75 Å². The monoisotopic (exact) mass is 268 g/mol. The van der Waals surface area contributed by atoms with Crippen LogP contribution in [0.2, 0.25) is 0 Å². The molecule has 0 heterocycles. The van der Waals surface area contributed by atoms with E-state index in [0.717, 1.165) is 24.0 Å². The Hall–Kier alpha value is -0.760. The van der Waals surface area contributed by atoms with Crippen molar-refractivity contribution in [2.75, 3.05) is 6.61 Å². The second-order valence-electron chi connectivity index (χ2n) is 5.67. The molecule has 0 N–H and O–H groups in total. The minimum absolute atomic E-state index is 0.268. The summed E-state index contributed by atoms with van der Waals surface area (Å²) in [6.45, 7) is 0.729. The molecule has 2 fully saturated rings. The normalized spacial score (nSPS) is 29.8. The molecule has 0 aliphatic heterocycles. The number of hydrogen-bond acceptors (Lipinski definition) is 1. The number of fused-ring (bicyclic) bond motifs is 2. The summed E-state index contributed by atoms with van der Waals surface area (Å²) in [7, 11) is 0. The van der Waals surface area contributed by atoms with Crippen LogP contribution in [0.1, 0.15) is 31.2 Å². The van der Waals surface area contributed by atoms with Crippen molar-refractivity contribution in [2.45, 2.75) is 31.6 Å². The van der Waals surface area contributed by atoms with Crippen molar-refractivity contribution in [1.82, 2.24) is 0 Å². The molecule has 18 heavy (non-hydrogen) atoms. The molecule has 0 aromatic heterocycles. The highest BCUT2D eigenvalue weighted by atomic mass is 35.5. The van der Waals surface area contributed by atoms with Crippen molar-refractivity contribution in [2.24, 2.45) is 17.8 Å². The molecule has 1 aromatic carbocycles. The van der Waals surface area contributed by atoms with E-state index in [1.54, 1.807) is 0 Å². The van der Waals surface area contributed by atoms with Gasteiger partial charge in [-0.1, -0.05) is 6.42 Å². The quantitative estimate of drug-likeness (QED) is 0.737. The van der Waals surface area contributed by atoms with Crippen molar-refractivity contribution in [1.29, 1.82) is 0 Å². The second kappa shape index (κ2) is 5.08. The summed E-state index contributed by atoms with van der Waals surface area (Å²) >= 11 is 5.73. The highest BCUT2D eigenvalue weighted by Gasteiger charge is 2.39. The average molecular weight is 269 g/mol. The third-order valence-electron chi connectivity index (χ3n) is 4.43. The van der Waals surface area contributed by atoms with Gasteiger partial charge in [0.25, 0.3) is 0 Å². The van der Waals surface area contributed by atoms with Gasteiger partial charge in [-0.05, 0) is 54.7 Å².